The van der Waals surface area contributed by atoms with Crippen molar-refractivity contribution in [3.63, 3.8) is 0 Å². The molecule has 0 atom stereocenters. The van der Waals surface area contributed by atoms with Crippen LogP contribution in [-0.2, 0) is 4.79 Å². The van der Waals surface area contributed by atoms with Gasteiger partial charge in [-0.15, -0.1) is 10.2 Å². The molecule has 2 aromatic rings. The number of carbonyl (C=O) groups is 1. The number of benzene rings is 1. The van der Waals surface area contributed by atoms with E-state index in [-0.39, 0.29) is 5.91 Å². The second kappa shape index (κ2) is 9.62. The summed E-state index contributed by atoms with van der Waals surface area (Å²) in [7, 11) is 0. The molecule has 2 heterocycles. The van der Waals surface area contributed by atoms with E-state index in [1.807, 2.05) is 18.2 Å². The zero-order valence-corrected chi connectivity index (χ0v) is 16.2. The van der Waals surface area contributed by atoms with Gasteiger partial charge in [0, 0.05) is 19.6 Å². The molecule has 1 aliphatic rings. The van der Waals surface area contributed by atoms with Crippen molar-refractivity contribution in [1.82, 2.24) is 20.1 Å². The van der Waals surface area contributed by atoms with Gasteiger partial charge in [-0.3, -0.25) is 9.36 Å². The predicted octanol–water partition coefficient (Wildman–Crippen LogP) is 3.27. The molecule has 6 nitrogen and oxygen atoms in total. The number of rotatable bonds is 8. The molecule has 1 saturated heterocycles. The summed E-state index contributed by atoms with van der Waals surface area (Å²) >= 11 is 1.44. The third-order valence-electron chi connectivity index (χ3n) is 4.45. The highest BCUT2D eigenvalue weighted by atomic mass is 32.2. The molecular formula is C19H27N5OS. The molecule has 0 unspecified atom stereocenters. The highest BCUT2D eigenvalue weighted by Crippen LogP contribution is 2.28. The maximum Gasteiger partial charge on any atom is 0.232 e. The first kappa shape index (κ1) is 18.8. The quantitative estimate of drug-likeness (QED) is 0.568. The number of carbonyl (C=O) groups excluding carboxylic acids is 1. The van der Waals surface area contributed by atoms with Crippen LogP contribution in [0.4, 0.5) is 5.95 Å². The van der Waals surface area contributed by atoms with E-state index in [1.54, 1.807) is 0 Å². The van der Waals surface area contributed by atoms with Gasteiger partial charge in [0.1, 0.15) is 0 Å². The second-order valence-corrected chi connectivity index (χ2v) is 7.44. The molecular weight excluding hydrogens is 346 g/mol. The summed E-state index contributed by atoms with van der Waals surface area (Å²) in [4.78, 5) is 14.3. The number of anilines is 1. The van der Waals surface area contributed by atoms with Crippen LogP contribution in [0.2, 0.25) is 0 Å². The van der Waals surface area contributed by atoms with Gasteiger partial charge in [0.25, 0.3) is 0 Å². The number of unbranched alkanes of at least 4 members (excludes halogenated alkanes) is 1. The first-order valence-corrected chi connectivity index (χ1v) is 10.4. The summed E-state index contributed by atoms with van der Waals surface area (Å²) in [6.45, 7) is 4.87. The lowest BCUT2D eigenvalue weighted by Crippen LogP contribution is -2.31. The molecule has 26 heavy (non-hydrogen) atoms. The summed E-state index contributed by atoms with van der Waals surface area (Å²) in [5.41, 5.74) is 1.03. The highest BCUT2D eigenvalue weighted by Gasteiger charge is 2.21. The lowest BCUT2D eigenvalue weighted by molar-refractivity contribution is -0.118. The van der Waals surface area contributed by atoms with E-state index in [9.17, 15) is 4.79 Å². The molecule has 140 valence electrons. The molecule has 7 heteroatoms. The normalized spacial score (nSPS) is 14.4. The van der Waals surface area contributed by atoms with Gasteiger partial charge in [-0.05, 0) is 37.8 Å². The number of piperidine rings is 1. The van der Waals surface area contributed by atoms with Crippen molar-refractivity contribution in [2.45, 2.75) is 44.2 Å². The third kappa shape index (κ3) is 4.78. The van der Waals surface area contributed by atoms with Gasteiger partial charge in [-0.1, -0.05) is 43.3 Å². The number of thioether (sulfide) groups is 1. The molecule has 1 aromatic carbocycles. The number of nitrogens with zero attached hydrogens (tertiary/aromatic N) is 4. The van der Waals surface area contributed by atoms with Crippen molar-refractivity contribution in [3.05, 3.63) is 30.3 Å². The largest absolute Gasteiger partial charge is 0.355 e. The van der Waals surface area contributed by atoms with Crippen LogP contribution in [0.1, 0.15) is 39.0 Å². The molecule has 3 rings (SSSR count). The lowest BCUT2D eigenvalue weighted by atomic mass is 10.1. The first-order valence-electron chi connectivity index (χ1n) is 9.45. The van der Waals surface area contributed by atoms with Crippen molar-refractivity contribution >= 4 is 23.6 Å². The van der Waals surface area contributed by atoms with Crippen LogP contribution in [0.15, 0.2) is 35.5 Å². The predicted molar refractivity (Wildman–Crippen MR) is 106 cm³/mol. The van der Waals surface area contributed by atoms with Gasteiger partial charge in [-0.2, -0.15) is 0 Å². The topological polar surface area (TPSA) is 63.1 Å². The number of hydrogen-bond acceptors (Lipinski definition) is 5. The van der Waals surface area contributed by atoms with E-state index in [0.717, 1.165) is 49.3 Å². The number of para-hydroxylation sites is 1. The van der Waals surface area contributed by atoms with Gasteiger partial charge < -0.3 is 10.2 Å². The van der Waals surface area contributed by atoms with Crippen molar-refractivity contribution in [2.75, 3.05) is 30.3 Å². The van der Waals surface area contributed by atoms with E-state index in [1.165, 1.54) is 31.0 Å². The molecule has 0 aliphatic carbocycles. The monoisotopic (exact) mass is 373 g/mol. The minimum atomic E-state index is 0.0468. The molecule has 1 aromatic heterocycles. The Hall–Kier alpha value is -2.02. The van der Waals surface area contributed by atoms with Gasteiger partial charge >= 0.3 is 0 Å². The zero-order chi connectivity index (χ0) is 18.2. The van der Waals surface area contributed by atoms with Crippen LogP contribution < -0.4 is 10.2 Å². The Labute approximate surface area is 159 Å². The smallest absolute Gasteiger partial charge is 0.232 e. The van der Waals surface area contributed by atoms with Gasteiger partial charge in [0.05, 0.1) is 11.4 Å². The Bertz CT molecular complexity index is 697. The number of hydrogen-bond donors (Lipinski definition) is 1. The van der Waals surface area contributed by atoms with Crippen LogP contribution in [0, 0.1) is 0 Å². The maximum absolute atomic E-state index is 12.0. The molecule has 1 fully saturated rings. The van der Waals surface area contributed by atoms with Gasteiger partial charge in [-0.25, -0.2) is 0 Å². The van der Waals surface area contributed by atoms with Crippen molar-refractivity contribution < 1.29 is 4.79 Å². The van der Waals surface area contributed by atoms with Gasteiger partial charge in [0.2, 0.25) is 11.9 Å². The Morgan fingerprint density at radius 1 is 1.15 bits per heavy atom. The molecule has 0 radical (unpaired) electrons. The average molecular weight is 374 g/mol. The number of amides is 1. The Balaban J connectivity index is 1.76. The van der Waals surface area contributed by atoms with E-state index in [4.69, 9.17) is 0 Å². The summed E-state index contributed by atoms with van der Waals surface area (Å²) in [6.07, 6.45) is 5.73. The fourth-order valence-electron chi connectivity index (χ4n) is 3.04. The fourth-order valence-corrected chi connectivity index (χ4v) is 3.82. The molecule has 1 amide bonds. The van der Waals surface area contributed by atoms with Crippen molar-refractivity contribution in [3.8, 4) is 5.69 Å². The third-order valence-corrected chi connectivity index (χ3v) is 5.38. The lowest BCUT2D eigenvalue weighted by Gasteiger charge is -2.27. The van der Waals surface area contributed by atoms with Crippen LogP contribution in [-0.4, -0.2) is 46.1 Å². The standard InChI is InChI=1S/C19H27N5OS/c1-2-3-12-20-17(25)15-26-19-22-21-18(23-13-8-5-9-14-23)24(19)16-10-6-4-7-11-16/h4,6-7,10-11H,2-3,5,8-9,12-15H2,1H3,(H,20,25). The molecule has 0 bridgehead atoms. The van der Waals surface area contributed by atoms with Crippen LogP contribution in [0.5, 0.6) is 0 Å². The molecule has 1 N–H and O–H groups in total. The Kier molecular flexibility index (Phi) is 6.94. The summed E-state index contributed by atoms with van der Waals surface area (Å²) in [5, 5.41) is 12.6. The Morgan fingerprint density at radius 2 is 1.92 bits per heavy atom. The number of aromatic nitrogens is 3. The Morgan fingerprint density at radius 3 is 2.65 bits per heavy atom. The van der Waals surface area contributed by atoms with Gasteiger partial charge in [0.15, 0.2) is 5.16 Å². The zero-order valence-electron chi connectivity index (χ0n) is 15.4. The molecule has 1 aliphatic heterocycles. The van der Waals surface area contributed by atoms with Crippen LogP contribution in [0.3, 0.4) is 0 Å². The van der Waals surface area contributed by atoms with E-state index in [0.29, 0.717) is 5.75 Å². The maximum atomic E-state index is 12.0. The van der Waals surface area contributed by atoms with Crippen LogP contribution >= 0.6 is 11.8 Å². The molecule has 0 spiro atoms. The van der Waals surface area contributed by atoms with Crippen LogP contribution in [0.25, 0.3) is 5.69 Å². The highest BCUT2D eigenvalue weighted by molar-refractivity contribution is 7.99. The summed E-state index contributed by atoms with van der Waals surface area (Å²) in [5.74, 6) is 1.28. The SMILES string of the molecule is CCCCNC(=O)CSc1nnc(N2CCCCC2)n1-c1ccccc1. The van der Waals surface area contributed by atoms with E-state index >= 15 is 0 Å². The fraction of sp³-hybridized carbons (Fsp3) is 0.526. The molecule has 0 saturated carbocycles. The average Bonchev–Trinajstić information content (AvgIpc) is 3.12. The van der Waals surface area contributed by atoms with E-state index < -0.39 is 0 Å². The minimum Gasteiger partial charge on any atom is -0.355 e. The first-order chi connectivity index (χ1) is 12.8. The van der Waals surface area contributed by atoms with Crippen molar-refractivity contribution in [1.29, 1.82) is 0 Å². The van der Waals surface area contributed by atoms with Crippen molar-refractivity contribution in [2.24, 2.45) is 0 Å². The second-order valence-electron chi connectivity index (χ2n) is 6.49. The number of nitrogens with one attached hydrogen (secondary N) is 1. The summed E-state index contributed by atoms with van der Waals surface area (Å²) < 4.78 is 2.08. The summed E-state index contributed by atoms with van der Waals surface area (Å²) in [6, 6.07) is 10.1. The van der Waals surface area contributed by atoms with E-state index in [2.05, 4.69) is 44.0 Å². The minimum absolute atomic E-state index is 0.0468.